The minimum Gasteiger partial charge on any atom is -0.305 e. The number of carbonyl (C=O) groups excluding carboxylic acids is 1. The third-order valence-corrected chi connectivity index (χ3v) is 3.70. The highest BCUT2D eigenvalue weighted by atomic mass is 35.5. The molecular formula is C18H17Cl2NO. The summed E-state index contributed by atoms with van der Waals surface area (Å²) in [6.45, 7) is 0.816. The Morgan fingerprint density at radius 3 is 2.55 bits per heavy atom. The molecule has 0 fully saturated rings. The first-order chi connectivity index (χ1) is 10.5. The normalized spacial score (nSPS) is 11.3. The van der Waals surface area contributed by atoms with Gasteiger partial charge >= 0.3 is 0 Å². The molecule has 2 rings (SSSR count). The zero-order chi connectivity index (χ0) is 16.1. The molecule has 0 atom stereocenters. The molecule has 0 aliphatic heterocycles. The van der Waals surface area contributed by atoms with Gasteiger partial charge in [-0.25, -0.2) is 0 Å². The highest BCUT2D eigenvalue weighted by Crippen LogP contribution is 2.22. The molecule has 114 valence electrons. The molecule has 2 nitrogen and oxygen atoms in total. The molecule has 0 unspecified atom stereocenters. The van der Waals surface area contributed by atoms with Crippen LogP contribution < -0.4 is 0 Å². The van der Waals surface area contributed by atoms with Crippen LogP contribution in [-0.2, 0) is 6.54 Å². The second-order valence-corrected chi connectivity index (χ2v) is 6.10. The number of nitrogens with zero attached hydrogens (tertiary/aromatic N) is 1. The van der Waals surface area contributed by atoms with E-state index in [4.69, 9.17) is 23.2 Å². The van der Waals surface area contributed by atoms with E-state index in [2.05, 4.69) is 11.0 Å². The van der Waals surface area contributed by atoms with E-state index in [1.807, 2.05) is 38.4 Å². The molecule has 0 spiro atoms. The molecule has 0 amide bonds. The number of hydrogen-bond acceptors (Lipinski definition) is 2. The van der Waals surface area contributed by atoms with Crippen LogP contribution in [0.1, 0.15) is 21.5 Å². The summed E-state index contributed by atoms with van der Waals surface area (Å²) in [6.07, 6.45) is 3.37. The first-order valence-corrected chi connectivity index (χ1v) is 7.63. The minimum absolute atomic E-state index is 0.138. The van der Waals surface area contributed by atoms with Gasteiger partial charge in [-0.3, -0.25) is 4.79 Å². The molecule has 4 heteroatoms. The van der Waals surface area contributed by atoms with Crippen molar-refractivity contribution in [3.05, 3.63) is 75.3 Å². The van der Waals surface area contributed by atoms with Crippen molar-refractivity contribution < 1.29 is 4.79 Å². The Morgan fingerprint density at radius 1 is 1.14 bits per heavy atom. The summed E-state index contributed by atoms with van der Waals surface area (Å²) < 4.78 is 0. The molecule has 2 aromatic rings. The lowest BCUT2D eigenvalue weighted by molar-refractivity contribution is 0.104. The summed E-state index contributed by atoms with van der Waals surface area (Å²) in [5.74, 6) is -0.138. The molecule has 0 aromatic heterocycles. The SMILES string of the molecule is CN(C)Cc1ccccc1/C=C/C(=O)c1ccc(Cl)cc1Cl. The molecule has 0 saturated carbocycles. The van der Waals surface area contributed by atoms with Gasteiger partial charge in [0, 0.05) is 17.1 Å². The Balaban J connectivity index is 2.23. The maximum Gasteiger partial charge on any atom is 0.187 e. The summed E-state index contributed by atoms with van der Waals surface area (Å²) in [6, 6.07) is 12.9. The monoisotopic (exact) mass is 333 g/mol. The van der Waals surface area contributed by atoms with Gasteiger partial charge in [-0.15, -0.1) is 0 Å². The quantitative estimate of drug-likeness (QED) is 0.569. The third kappa shape index (κ3) is 4.44. The van der Waals surface area contributed by atoms with Crippen LogP contribution in [0.4, 0.5) is 0 Å². The second-order valence-electron chi connectivity index (χ2n) is 5.26. The van der Waals surface area contributed by atoms with Crippen molar-refractivity contribution >= 4 is 35.1 Å². The van der Waals surface area contributed by atoms with Crippen LogP contribution in [0.25, 0.3) is 6.08 Å². The fourth-order valence-electron chi connectivity index (χ4n) is 2.13. The lowest BCUT2D eigenvalue weighted by Gasteiger charge is -2.12. The van der Waals surface area contributed by atoms with Gasteiger partial charge in [-0.2, -0.15) is 0 Å². The van der Waals surface area contributed by atoms with Gasteiger partial charge in [0.05, 0.1) is 5.02 Å². The predicted octanol–water partition coefficient (Wildman–Crippen LogP) is 4.95. The molecule has 0 heterocycles. The lowest BCUT2D eigenvalue weighted by atomic mass is 10.0. The van der Waals surface area contributed by atoms with Crippen LogP contribution in [0.5, 0.6) is 0 Å². The molecule has 0 aliphatic rings. The van der Waals surface area contributed by atoms with Crippen LogP contribution in [0.2, 0.25) is 10.0 Å². The molecular weight excluding hydrogens is 317 g/mol. The van der Waals surface area contributed by atoms with E-state index in [1.165, 1.54) is 5.56 Å². The van der Waals surface area contributed by atoms with Crippen LogP contribution in [0.3, 0.4) is 0 Å². The van der Waals surface area contributed by atoms with E-state index in [0.29, 0.717) is 15.6 Å². The Labute approximate surface area is 141 Å². The van der Waals surface area contributed by atoms with Crippen molar-refractivity contribution in [2.75, 3.05) is 14.1 Å². The molecule has 0 N–H and O–H groups in total. The topological polar surface area (TPSA) is 20.3 Å². The first-order valence-electron chi connectivity index (χ1n) is 6.87. The van der Waals surface area contributed by atoms with Crippen LogP contribution in [0, 0.1) is 0 Å². The van der Waals surface area contributed by atoms with Crippen molar-refractivity contribution in [1.29, 1.82) is 0 Å². The number of carbonyl (C=O) groups is 1. The smallest absolute Gasteiger partial charge is 0.187 e. The van der Waals surface area contributed by atoms with Gasteiger partial charge in [0.25, 0.3) is 0 Å². The predicted molar refractivity (Wildman–Crippen MR) is 93.7 cm³/mol. The summed E-state index contributed by atoms with van der Waals surface area (Å²) >= 11 is 11.9. The van der Waals surface area contributed by atoms with Gasteiger partial charge in [0.15, 0.2) is 5.78 Å². The molecule has 2 aromatic carbocycles. The number of ketones is 1. The maximum absolute atomic E-state index is 12.3. The molecule has 0 radical (unpaired) electrons. The average molecular weight is 334 g/mol. The van der Waals surface area contributed by atoms with Crippen LogP contribution >= 0.6 is 23.2 Å². The fraction of sp³-hybridized carbons (Fsp3) is 0.167. The van der Waals surface area contributed by atoms with Crippen LogP contribution in [0.15, 0.2) is 48.5 Å². The van der Waals surface area contributed by atoms with E-state index in [1.54, 1.807) is 24.3 Å². The minimum atomic E-state index is -0.138. The largest absolute Gasteiger partial charge is 0.305 e. The van der Waals surface area contributed by atoms with E-state index >= 15 is 0 Å². The number of halogens is 2. The van der Waals surface area contributed by atoms with E-state index in [-0.39, 0.29) is 5.78 Å². The highest BCUT2D eigenvalue weighted by Gasteiger charge is 2.08. The first kappa shape index (κ1) is 16.8. The Bertz CT molecular complexity index is 708. The Morgan fingerprint density at radius 2 is 1.86 bits per heavy atom. The molecule has 22 heavy (non-hydrogen) atoms. The van der Waals surface area contributed by atoms with Crippen LogP contribution in [-0.4, -0.2) is 24.8 Å². The van der Waals surface area contributed by atoms with Gasteiger partial charge in [-0.1, -0.05) is 53.5 Å². The van der Waals surface area contributed by atoms with Gasteiger partial charge in [0.2, 0.25) is 0 Å². The number of benzene rings is 2. The fourth-order valence-corrected chi connectivity index (χ4v) is 2.63. The molecule has 0 saturated heterocycles. The van der Waals surface area contributed by atoms with Gasteiger partial charge in [-0.05, 0) is 49.5 Å². The number of hydrogen-bond donors (Lipinski definition) is 0. The molecule has 0 aliphatic carbocycles. The van der Waals surface area contributed by atoms with Crippen molar-refractivity contribution in [3.63, 3.8) is 0 Å². The maximum atomic E-state index is 12.3. The average Bonchev–Trinajstić information content (AvgIpc) is 2.45. The van der Waals surface area contributed by atoms with E-state index in [0.717, 1.165) is 12.1 Å². The second kappa shape index (κ2) is 7.59. The summed E-state index contributed by atoms with van der Waals surface area (Å²) in [4.78, 5) is 14.3. The van der Waals surface area contributed by atoms with E-state index in [9.17, 15) is 4.79 Å². The lowest BCUT2D eigenvalue weighted by Crippen LogP contribution is -2.11. The third-order valence-electron chi connectivity index (χ3n) is 3.15. The Hall–Kier alpha value is -1.61. The summed E-state index contributed by atoms with van der Waals surface area (Å²) in [5, 5.41) is 0.880. The van der Waals surface area contributed by atoms with Crippen molar-refractivity contribution in [3.8, 4) is 0 Å². The van der Waals surface area contributed by atoms with Crippen molar-refractivity contribution in [2.24, 2.45) is 0 Å². The van der Waals surface area contributed by atoms with Gasteiger partial charge in [0.1, 0.15) is 0 Å². The number of rotatable bonds is 5. The van der Waals surface area contributed by atoms with Gasteiger partial charge < -0.3 is 4.90 Å². The zero-order valence-electron chi connectivity index (χ0n) is 12.5. The van der Waals surface area contributed by atoms with E-state index < -0.39 is 0 Å². The summed E-state index contributed by atoms with van der Waals surface area (Å²) in [7, 11) is 4.03. The van der Waals surface area contributed by atoms with Crippen molar-refractivity contribution in [1.82, 2.24) is 4.90 Å². The molecule has 0 bridgehead atoms. The zero-order valence-corrected chi connectivity index (χ0v) is 14.0. The number of allylic oxidation sites excluding steroid dienone is 1. The highest BCUT2D eigenvalue weighted by molar-refractivity contribution is 6.37. The summed E-state index contributed by atoms with van der Waals surface area (Å²) in [5.41, 5.74) is 2.64. The standard InChI is InChI=1S/C18H17Cl2NO/c1-21(2)12-14-6-4-3-5-13(14)7-10-18(22)16-9-8-15(19)11-17(16)20/h3-11H,12H2,1-2H3/b10-7+. The van der Waals surface area contributed by atoms with Crippen molar-refractivity contribution in [2.45, 2.75) is 6.54 Å². The Kier molecular flexibility index (Phi) is 5.78.